The standard InChI is InChI=1S/C18H29NO2/c1-17-8-7-14-12(13(17)5-6-15(17)20)4-3-11-9-16(21)19-10-18(11,14)2/h11-15,20H,3-10H2,1-2H3,(H,19,21)/t11-,12-,13-,14-,15-,17-,18-/m0/s1. The number of hydrogen-bond donors (Lipinski definition) is 2. The van der Waals surface area contributed by atoms with Crippen molar-refractivity contribution in [3.8, 4) is 0 Å². The van der Waals surface area contributed by atoms with Crippen LogP contribution in [-0.4, -0.2) is 23.7 Å². The topological polar surface area (TPSA) is 49.3 Å². The zero-order valence-corrected chi connectivity index (χ0v) is 13.4. The molecule has 3 aliphatic carbocycles. The highest BCUT2D eigenvalue weighted by molar-refractivity contribution is 5.77. The lowest BCUT2D eigenvalue weighted by Crippen LogP contribution is -2.59. The summed E-state index contributed by atoms with van der Waals surface area (Å²) in [6.07, 6.45) is 7.80. The van der Waals surface area contributed by atoms with Gasteiger partial charge < -0.3 is 10.4 Å². The number of aliphatic hydroxyl groups excluding tert-OH is 1. The molecule has 4 fully saturated rings. The fraction of sp³-hybridized carbons (Fsp3) is 0.944. The first kappa shape index (κ1) is 14.0. The Bertz CT molecular complexity index is 464. The number of hydrogen-bond acceptors (Lipinski definition) is 2. The van der Waals surface area contributed by atoms with Crippen LogP contribution in [0, 0.1) is 34.5 Å². The van der Waals surface area contributed by atoms with E-state index in [1.807, 2.05) is 0 Å². The molecule has 0 aromatic carbocycles. The molecule has 4 rings (SSSR count). The molecule has 2 N–H and O–H groups in total. The van der Waals surface area contributed by atoms with E-state index in [-0.39, 0.29) is 17.4 Å². The minimum absolute atomic E-state index is 0.0833. The van der Waals surface area contributed by atoms with E-state index in [0.717, 1.165) is 31.2 Å². The molecule has 0 aromatic heterocycles. The SMILES string of the molecule is C[C@]12CNC(=O)C[C@@H]1CC[C@@H]1[C@@H]2CC[C@]2(C)[C@@H](O)CC[C@@H]12. The average Bonchev–Trinajstić information content (AvgIpc) is 2.76. The fourth-order valence-corrected chi connectivity index (χ4v) is 6.70. The van der Waals surface area contributed by atoms with Gasteiger partial charge in [0, 0.05) is 13.0 Å². The summed E-state index contributed by atoms with van der Waals surface area (Å²) in [4.78, 5) is 11.8. The molecule has 1 aliphatic heterocycles. The van der Waals surface area contributed by atoms with Gasteiger partial charge in [-0.25, -0.2) is 0 Å². The van der Waals surface area contributed by atoms with Crippen molar-refractivity contribution in [3.05, 3.63) is 0 Å². The largest absolute Gasteiger partial charge is 0.393 e. The molecular formula is C18H29NO2. The predicted molar refractivity (Wildman–Crippen MR) is 81.5 cm³/mol. The van der Waals surface area contributed by atoms with Gasteiger partial charge in [0.1, 0.15) is 0 Å². The molecule has 1 heterocycles. The van der Waals surface area contributed by atoms with Crippen LogP contribution in [0.2, 0.25) is 0 Å². The highest BCUT2D eigenvalue weighted by Gasteiger charge is 2.60. The lowest BCUT2D eigenvalue weighted by molar-refractivity contribution is -0.141. The van der Waals surface area contributed by atoms with Crippen molar-refractivity contribution in [2.75, 3.05) is 6.54 Å². The molecule has 1 amide bonds. The van der Waals surface area contributed by atoms with Crippen molar-refractivity contribution in [1.29, 1.82) is 0 Å². The van der Waals surface area contributed by atoms with Gasteiger partial charge in [-0.05, 0) is 73.0 Å². The van der Waals surface area contributed by atoms with E-state index in [4.69, 9.17) is 0 Å². The monoisotopic (exact) mass is 291 g/mol. The third kappa shape index (κ3) is 1.79. The van der Waals surface area contributed by atoms with Gasteiger partial charge >= 0.3 is 0 Å². The molecule has 0 aromatic rings. The van der Waals surface area contributed by atoms with Gasteiger partial charge in [0.2, 0.25) is 5.91 Å². The van der Waals surface area contributed by atoms with E-state index in [0.29, 0.717) is 17.3 Å². The van der Waals surface area contributed by atoms with Gasteiger partial charge in [0.25, 0.3) is 0 Å². The lowest BCUT2D eigenvalue weighted by Gasteiger charge is -2.59. The first-order valence-corrected chi connectivity index (χ1v) is 8.90. The normalized spacial score (nSPS) is 56.1. The fourth-order valence-electron chi connectivity index (χ4n) is 6.70. The van der Waals surface area contributed by atoms with Crippen LogP contribution in [0.1, 0.15) is 58.8 Å². The van der Waals surface area contributed by atoms with Gasteiger partial charge in [-0.3, -0.25) is 4.79 Å². The minimum Gasteiger partial charge on any atom is -0.393 e. The Labute approximate surface area is 127 Å². The highest BCUT2D eigenvalue weighted by atomic mass is 16.3. The number of nitrogens with one attached hydrogen (secondary N) is 1. The van der Waals surface area contributed by atoms with Gasteiger partial charge in [0.05, 0.1) is 6.10 Å². The van der Waals surface area contributed by atoms with Gasteiger partial charge in [0.15, 0.2) is 0 Å². The second-order valence-electron chi connectivity index (χ2n) is 8.78. The Hall–Kier alpha value is -0.570. The summed E-state index contributed by atoms with van der Waals surface area (Å²) in [6, 6.07) is 0. The Morgan fingerprint density at radius 1 is 1.05 bits per heavy atom. The van der Waals surface area contributed by atoms with E-state index in [1.54, 1.807) is 0 Å². The number of aliphatic hydroxyl groups is 1. The first-order chi connectivity index (χ1) is 9.95. The van der Waals surface area contributed by atoms with E-state index in [9.17, 15) is 9.90 Å². The molecule has 1 saturated heterocycles. The van der Waals surface area contributed by atoms with E-state index in [2.05, 4.69) is 19.2 Å². The summed E-state index contributed by atoms with van der Waals surface area (Å²) in [6.45, 7) is 5.65. The van der Waals surface area contributed by atoms with Gasteiger partial charge in [-0.2, -0.15) is 0 Å². The van der Waals surface area contributed by atoms with Crippen molar-refractivity contribution >= 4 is 5.91 Å². The zero-order chi connectivity index (χ0) is 14.8. The Morgan fingerprint density at radius 3 is 2.62 bits per heavy atom. The van der Waals surface area contributed by atoms with Crippen molar-refractivity contribution in [1.82, 2.24) is 5.32 Å². The molecule has 21 heavy (non-hydrogen) atoms. The van der Waals surface area contributed by atoms with Crippen molar-refractivity contribution in [2.24, 2.45) is 34.5 Å². The molecule has 3 heteroatoms. The number of amides is 1. The third-order valence-corrected chi connectivity index (χ3v) is 8.11. The number of fused-ring (bicyclic) bond motifs is 5. The maximum atomic E-state index is 11.8. The highest BCUT2D eigenvalue weighted by Crippen LogP contribution is 2.64. The lowest BCUT2D eigenvalue weighted by atomic mass is 9.46. The number of rotatable bonds is 0. The van der Waals surface area contributed by atoms with Gasteiger partial charge in [-0.1, -0.05) is 13.8 Å². The second kappa shape index (κ2) is 4.47. The van der Waals surface area contributed by atoms with Crippen LogP contribution in [0.15, 0.2) is 0 Å². The molecule has 0 unspecified atom stereocenters. The molecule has 3 saturated carbocycles. The second-order valence-corrected chi connectivity index (χ2v) is 8.78. The summed E-state index contributed by atoms with van der Waals surface area (Å²) in [5, 5.41) is 13.6. The van der Waals surface area contributed by atoms with Crippen LogP contribution < -0.4 is 5.32 Å². The van der Waals surface area contributed by atoms with E-state index >= 15 is 0 Å². The maximum Gasteiger partial charge on any atom is 0.220 e. The average molecular weight is 291 g/mol. The van der Waals surface area contributed by atoms with Crippen molar-refractivity contribution in [3.63, 3.8) is 0 Å². The molecule has 4 aliphatic rings. The number of piperidine rings is 1. The van der Waals surface area contributed by atoms with Crippen LogP contribution in [0.3, 0.4) is 0 Å². The Kier molecular flexibility index (Phi) is 2.99. The molecule has 0 radical (unpaired) electrons. The summed E-state index contributed by atoms with van der Waals surface area (Å²) in [5.41, 5.74) is 0.466. The summed E-state index contributed by atoms with van der Waals surface area (Å²) >= 11 is 0. The summed E-state index contributed by atoms with van der Waals surface area (Å²) in [5.74, 6) is 3.08. The van der Waals surface area contributed by atoms with Crippen LogP contribution in [0.4, 0.5) is 0 Å². The number of carbonyl (C=O) groups excluding carboxylic acids is 1. The van der Waals surface area contributed by atoms with Crippen LogP contribution in [0.25, 0.3) is 0 Å². The molecule has 0 bridgehead atoms. The first-order valence-electron chi connectivity index (χ1n) is 8.90. The Morgan fingerprint density at radius 2 is 1.81 bits per heavy atom. The molecular weight excluding hydrogens is 262 g/mol. The Balaban J connectivity index is 1.64. The van der Waals surface area contributed by atoms with Crippen molar-refractivity contribution < 1.29 is 9.90 Å². The molecule has 118 valence electrons. The van der Waals surface area contributed by atoms with Gasteiger partial charge in [-0.15, -0.1) is 0 Å². The molecule has 0 spiro atoms. The molecule has 7 atom stereocenters. The van der Waals surface area contributed by atoms with Crippen molar-refractivity contribution in [2.45, 2.75) is 64.9 Å². The quantitative estimate of drug-likeness (QED) is 0.721. The van der Waals surface area contributed by atoms with Crippen LogP contribution in [-0.2, 0) is 4.79 Å². The van der Waals surface area contributed by atoms with E-state index < -0.39 is 0 Å². The smallest absolute Gasteiger partial charge is 0.220 e. The summed E-state index contributed by atoms with van der Waals surface area (Å²) in [7, 11) is 0. The summed E-state index contributed by atoms with van der Waals surface area (Å²) < 4.78 is 0. The predicted octanol–water partition coefficient (Wildman–Crippen LogP) is 2.73. The number of carbonyl (C=O) groups is 1. The zero-order valence-electron chi connectivity index (χ0n) is 13.4. The maximum absolute atomic E-state index is 11.8. The third-order valence-electron chi connectivity index (χ3n) is 8.11. The van der Waals surface area contributed by atoms with E-state index in [1.165, 1.54) is 32.1 Å². The molecule has 3 nitrogen and oxygen atoms in total. The van der Waals surface area contributed by atoms with Crippen LogP contribution >= 0.6 is 0 Å². The minimum atomic E-state index is -0.0833. The van der Waals surface area contributed by atoms with Crippen LogP contribution in [0.5, 0.6) is 0 Å².